The van der Waals surface area contributed by atoms with Gasteiger partial charge in [-0.25, -0.2) is 15.0 Å². The summed E-state index contributed by atoms with van der Waals surface area (Å²) < 4.78 is 11.8. The van der Waals surface area contributed by atoms with E-state index in [1.807, 2.05) is 24.3 Å². The van der Waals surface area contributed by atoms with Gasteiger partial charge in [0.1, 0.15) is 11.2 Å². The molecule has 14 aromatic rings. The first-order chi connectivity index (χ1) is 33.2. The highest BCUT2D eigenvalue weighted by Gasteiger charge is 2.23. The van der Waals surface area contributed by atoms with Gasteiger partial charge in [-0.3, -0.25) is 0 Å². The van der Waals surface area contributed by atoms with Crippen LogP contribution >= 0.6 is 11.3 Å². The number of rotatable bonds is 6. The lowest BCUT2D eigenvalue weighted by Gasteiger charge is -2.15. The molecule has 0 saturated carbocycles. The molecular weight excluding hydrogens is 837 g/mol. The first-order valence-corrected chi connectivity index (χ1v) is 23.3. The van der Waals surface area contributed by atoms with Gasteiger partial charge < -0.3 is 8.98 Å². The number of hydrogen-bond acceptors (Lipinski definition) is 5. The zero-order valence-corrected chi connectivity index (χ0v) is 36.7. The van der Waals surface area contributed by atoms with Crippen molar-refractivity contribution in [3.8, 4) is 62.1 Å². The molecule has 0 aliphatic rings. The van der Waals surface area contributed by atoms with E-state index < -0.39 is 0 Å². The lowest BCUT2D eigenvalue weighted by atomic mass is 9.96. The highest BCUT2D eigenvalue weighted by atomic mass is 32.1. The zero-order valence-electron chi connectivity index (χ0n) is 35.9. The number of fused-ring (bicyclic) bond motifs is 10. The molecule has 4 heterocycles. The number of nitrogens with zero attached hydrogens (tertiary/aromatic N) is 4. The van der Waals surface area contributed by atoms with Crippen molar-refractivity contribution in [2.24, 2.45) is 0 Å². The lowest BCUT2D eigenvalue weighted by molar-refractivity contribution is 0.668. The molecule has 0 saturated heterocycles. The summed E-state index contributed by atoms with van der Waals surface area (Å²) in [5, 5.41) is 9.10. The summed E-state index contributed by atoms with van der Waals surface area (Å²) in [6.45, 7) is 0. The standard InChI is InChI=1S/C61H36N4OS/c1-3-15-37(16-4-1)38-29-31-39(32-30-38)47-35-49-54(36-52(47)65-50-25-11-9-21-43(50)48-33-41-19-7-8-20-42(41)34-51(48)65)66-53-26-13-23-45(57(49)53)60-62-59(40-17-5-2-6-18-40)63-61(64-60)46-24-14-28-56-58(46)44-22-10-12-27-55(44)67-56/h1-36H. The minimum atomic E-state index is 0.584. The Bertz CT molecular complexity index is 4260. The van der Waals surface area contributed by atoms with E-state index in [-0.39, 0.29) is 0 Å². The van der Waals surface area contributed by atoms with Gasteiger partial charge in [-0.2, -0.15) is 0 Å². The number of hydrogen-bond donors (Lipinski definition) is 0. The van der Waals surface area contributed by atoms with Crippen LogP contribution in [0.3, 0.4) is 0 Å². The van der Waals surface area contributed by atoms with Crippen molar-refractivity contribution in [1.82, 2.24) is 19.5 Å². The van der Waals surface area contributed by atoms with Crippen LogP contribution in [0, 0.1) is 0 Å². The summed E-state index contributed by atoms with van der Waals surface area (Å²) >= 11 is 1.79. The van der Waals surface area contributed by atoms with Crippen LogP contribution in [0.5, 0.6) is 0 Å². The Kier molecular flexibility index (Phi) is 8.38. The first kappa shape index (κ1) is 37.6. The SMILES string of the molecule is c1ccc(-c2ccc(-c3cc4c(cc3-n3c5ccccc5c5cc6ccccc6cc53)oc3cccc(-c5nc(-c6ccccc6)nc(-c6cccc7sc8ccccc8c67)n5)c34)cc2)cc1. The van der Waals surface area contributed by atoms with Crippen molar-refractivity contribution >= 4 is 86.0 Å². The number of furan rings is 1. The predicted molar refractivity (Wildman–Crippen MR) is 279 cm³/mol. The summed E-state index contributed by atoms with van der Waals surface area (Å²) in [7, 11) is 0. The lowest BCUT2D eigenvalue weighted by Crippen LogP contribution is -2.00. The summed E-state index contributed by atoms with van der Waals surface area (Å²) in [4.78, 5) is 15.9. The van der Waals surface area contributed by atoms with Crippen LogP contribution < -0.4 is 0 Å². The second-order valence-electron chi connectivity index (χ2n) is 17.1. The Morgan fingerprint density at radius 2 is 0.940 bits per heavy atom. The molecule has 0 aliphatic carbocycles. The molecule has 14 rings (SSSR count). The third kappa shape index (κ3) is 6.04. The molecule has 0 aliphatic heterocycles. The molecule has 312 valence electrons. The average molecular weight is 873 g/mol. The molecule has 0 N–H and O–H groups in total. The first-order valence-electron chi connectivity index (χ1n) is 22.5. The molecule has 0 fully saturated rings. The minimum absolute atomic E-state index is 0.584. The maximum atomic E-state index is 6.96. The smallest absolute Gasteiger partial charge is 0.164 e. The van der Waals surface area contributed by atoms with E-state index in [0.717, 1.165) is 77.4 Å². The highest BCUT2D eigenvalue weighted by molar-refractivity contribution is 7.25. The summed E-state index contributed by atoms with van der Waals surface area (Å²) in [5.74, 6) is 1.83. The van der Waals surface area contributed by atoms with Gasteiger partial charge in [-0.05, 0) is 69.9 Å². The van der Waals surface area contributed by atoms with E-state index in [4.69, 9.17) is 19.4 Å². The van der Waals surface area contributed by atoms with Gasteiger partial charge in [0.2, 0.25) is 0 Å². The largest absolute Gasteiger partial charge is 0.456 e. The Morgan fingerprint density at radius 3 is 1.73 bits per heavy atom. The number of thiophene rings is 1. The maximum Gasteiger partial charge on any atom is 0.164 e. The summed E-state index contributed by atoms with van der Waals surface area (Å²) in [5.41, 5.74) is 12.1. The molecule has 5 nitrogen and oxygen atoms in total. The molecule has 6 heteroatoms. The molecule has 0 bridgehead atoms. The summed E-state index contributed by atoms with van der Waals surface area (Å²) in [6.07, 6.45) is 0. The van der Waals surface area contributed by atoms with Gasteiger partial charge in [-0.15, -0.1) is 11.3 Å². The van der Waals surface area contributed by atoms with Crippen LogP contribution in [0.15, 0.2) is 223 Å². The fourth-order valence-electron chi connectivity index (χ4n) is 10.1. The van der Waals surface area contributed by atoms with Crippen LogP contribution in [-0.4, -0.2) is 19.5 Å². The molecular formula is C61H36N4OS. The van der Waals surface area contributed by atoms with E-state index in [1.165, 1.54) is 41.9 Å². The van der Waals surface area contributed by atoms with E-state index in [9.17, 15) is 0 Å². The molecule has 0 atom stereocenters. The second kappa shape index (κ2) is 14.9. The number of benzene rings is 10. The highest BCUT2D eigenvalue weighted by Crippen LogP contribution is 2.45. The van der Waals surface area contributed by atoms with Gasteiger partial charge >= 0.3 is 0 Å². The Morgan fingerprint density at radius 1 is 0.343 bits per heavy atom. The Labute approximate surface area is 388 Å². The van der Waals surface area contributed by atoms with Crippen LogP contribution in [0.2, 0.25) is 0 Å². The molecule has 0 amide bonds. The molecule has 0 spiro atoms. The average Bonchev–Trinajstić information content (AvgIpc) is 4.07. The van der Waals surface area contributed by atoms with Gasteiger partial charge in [-0.1, -0.05) is 170 Å². The van der Waals surface area contributed by atoms with Crippen molar-refractivity contribution in [3.05, 3.63) is 218 Å². The predicted octanol–water partition coefficient (Wildman–Crippen LogP) is 16.7. The molecule has 0 unspecified atom stereocenters. The van der Waals surface area contributed by atoms with Crippen molar-refractivity contribution in [2.75, 3.05) is 0 Å². The number of para-hydroxylation sites is 1. The molecule has 0 radical (unpaired) electrons. The van der Waals surface area contributed by atoms with Gasteiger partial charge in [0.15, 0.2) is 17.5 Å². The van der Waals surface area contributed by atoms with Crippen molar-refractivity contribution in [2.45, 2.75) is 0 Å². The monoisotopic (exact) mass is 872 g/mol. The fourth-order valence-corrected chi connectivity index (χ4v) is 11.3. The van der Waals surface area contributed by atoms with Crippen molar-refractivity contribution < 1.29 is 4.42 Å². The van der Waals surface area contributed by atoms with Crippen molar-refractivity contribution in [1.29, 1.82) is 0 Å². The van der Waals surface area contributed by atoms with E-state index >= 15 is 0 Å². The topological polar surface area (TPSA) is 56.7 Å². The number of aromatic nitrogens is 4. The van der Waals surface area contributed by atoms with E-state index in [1.54, 1.807) is 11.3 Å². The quantitative estimate of drug-likeness (QED) is 0.167. The minimum Gasteiger partial charge on any atom is -0.456 e. The van der Waals surface area contributed by atoms with E-state index in [0.29, 0.717) is 17.5 Å². The molecule has 4 aromatic heterocycles. The fraction of sp³-hybridized carbons (Fsp3) is 0. The van der Waals surface area contributed by atoms with Gasteiger partial charge in [0, 0.05) is 70.0 Å². The van der Waals surface area contributed by atoms with Crippen LogP contribution in [0.4, 0.5) is 0 Å². The molecule has 67 heavy (non-hydrogen) atoms. The van der Waals surface area contributed by atoms with Crippen molar-refractivity contribution in [3.63, 3.8) is 0 Å². The van der Waals surface area contributed by atoms with Gasteiger partial charge in [0.25, 0.3) is 0 Å². The second-order valence-corrected chi connectivity index (χ2v) is 18.2. The maximum absolute atomic E-state index is 6.96. The normalized spacial score (nSPS) is 11.9. The summed E-state index contributed by atoms with van der Waals surface area (Å²) in [6, 6.07) is 77.5. The van der Waals surface area contributed by atoms with Crippen LogP contribution in [-0.2, 0) is 0 Å². The third-order valence-electron chi connectivity index (χ3n) is 13.2. The van der Waals surface area contributed by atoms with Crippen LogP contribution in [0.25, 0.3) is 137 Å². The molecule has 10 aromatic carbocycles. The third-order valence-corrected chi connectivity index (χ3v) is 14.4. The van der Waals surface area contributed by atoms with Gasteiger partial charge in [0.05, 0.1) is 16.7 Å². The Hall–Kier alpha value is -8.71. The Balaban J connectivity index is 1.04. The van der Waals surface area contributed by atoms with Crippen LogP contribution in [0.1, 0.15) is 0 Å². The zero-order chi connectivity index (χ0) is 44.0. The van der Waals surface area contributed by atoms with E-state index in [2.05, 4.69) is 199 Å².